The number of benzene rings is 2. The number of ether oxygens (including phenoxy) is 1. The van der Waals surface area contributed by atoms with Crippen LogP contribution in [0.2, 0.25) is 0 Å². The zero-order valence-electron chi connectivity index (χ0n) is 11.6. The van der Waals surface area contributed by atoms with Gasteiger partial charge in [0.05, 0.1) is 17.6 Å². The maximum atomic E-state index is 11.9. The SMILES string of the molecule is Cc1ccc([N+](=O)[O-])cc1OCCC(=O)c1ccccc1. The van der Waals surface area contributed by atoms with Crippen LogP contribution in [0.1, 0.15) is 22.3 Å². The Hall–Kier alpha value is -2.69. The van der Waals surface area contributed by atoms with Crippen LogP contribution in [0.15, 0.2) is 48.5 Å². The second-order valence-electron chi connectivity index (χ2n) is 4.59. The van der Waals surface area contributed by atoms with Crippen molar-refractivity contribution < 1.29 is 14.5 Å². The van der Waals surface area contributed by atoms with E-state index in [1.54, 1.807) is 37.3 Å². The topological polar surface area (TPSA) is 69.4 Å². The molecule has 0 saturated carbocycles. The summed E-state index contributed by atoms with van der Waals surface area (Å²) < 4.78 is 5.49. The number of hydrogen-bond acceptors (Lipinski definition) is 4. The fraction of sp³-hybridized carbons (Fsp3) is 0.188. The minimum Gasteiger partial charge on any atom is -0.493 e. The van der Waals surface area contributed by atoms with Crippen LogP contribution in [0.4, 0.5) is 5.69 Å². The molecular formula is C16H15NO4. The van der Waals surface area contributed by atoms with Gasteiger partial charge >= 0.3 is 0 Å². The lowest BCUT2D eigenvalue weighted by Crippen LogP contribution is -2.07. The van der Waals surface area contributed by atoms with Gasteiger partial charge in [-0.25, -0.2) is 0 Å². The van der Waals surface area contributed by atoms with Gasteiger partial charge in [-0.1, -0.05) is 30.3 Å². The van der Waals surface area contributed by atoms with Crippen molar-refractivity contribution in [1.82, 2.24) is 0 Å². The number of nitrogens with zero attached hydrogens (tertiary/aromatic N) is 1. The second-order valence-corrected chi connectivity index (χ2v) is 4.59. The van der Waals surface area contributed by atoms with E-state index >= 15 is 0 Å². The summed E-state index contributed by atoms with van der Waals surface area (Å²) >= 11 is 0. The fourth-order valence-electron chi connectivity index (χ4n) is 1.88. The average molecular weight is 285 g/mol. The summed E-state index contributed by atoms with van der Waals surface area (Å²) in [6.45, 7) is 1.99. The predicted molar refractivity (Wildman–Crippen MR) is 78.7 cm³/mol. The van der Waals surface area contributed by atoms with Crippen molar-refractivity contribution in [1.29, 1.82) is 0 Å². The largest absolute Gasteiger partial charge is 0.493 e. The molecule has 2 aromatic rings. The summed E-state index contributed by atoms with van der Waals surface area (Å²) in [4.78, 5) is 22.2. The Bertz CT molecular complexity index is 653. The van der Waals surface area contributed by atoms with Crippen LogP contribution in [0.3, 0.4) is 0 Å². The van der Waals surface area contributed by atoms with E-state index in [0.29, 0.717) is 11.3 Å². The number of aryl methyl sites for hydroxylation is 1. The number of carbonyl (C=O) groups excluding carboxylic acids is 1. The zero-order valence-corrected chi connectivity index (χ0v) is 11.6. The quantitative estimate of drug-likeness (QED) is 0.462. The third-order valence-electron chi connectivity index (χ3n) is 3.07. The summed E-state index contributed by atoms with van der Waals surface area (Å²) in [6, 6.07) is 13.4. The first-order valence-electron chi connectivity index (χ1n) is 6.54. The molecule has 108 valence electrons. The highest BCUT2D eigenvalue weighted by Gasteiger charge is 2.10. The highest BCUT2D eigenvalue weighted by molar-refractivity contribution is 5.96. The lowest BCUT2D eigenvalue weighted by molar-refractivity contribution is -0.384. The Morgan fingerprint density at radius 3 is 2.57 bits per heavy atom. The van der Waals surface area contributed by atoms with Crippen LogP contribution in [-0.2, 0) is 0 Å². The molecule has 2 aromatic carbocycles. The first-order chi connectivity index (χ1) is 10.1. The van der Waals surface area contributed by atoms with E-state index in [1.165, 1.54) is 12.1 Å². The van der Waals surface area contributed by atoms with Crippen molar-refractivity contribution in [3.63, 3.8) is 0 Å². The lowest BCUT2D eigenvalue weighted by atomic mass is 10.1. The highest BCUT2D eigenvalue weighted by atomic mass is 16.6. The van der Waals surface area contributed by atoms with Gasteiger partial charge in [-0.2, -0.15) is 0 Å². The van der Waals surface area contributed by atoms with Crippen LogP contribution in [0.25, 0.3) is 0 Å². The van der Waals surface area contributed by atoms with Crippen LogP contribution in [-0.4, -0.2) is 17.3 Å². The van der Waals surface area contributed by atoms with Crippen LogP contribution < -0.4 is 4.74 Å². The predicted octanol–water partition coefficient (Wildman–Crippen LogP) is 3.56. The number of Topliss-reactive ketones (excluding diaryl/α,β-unsaturated/α-hetero) is 1. The van der Waals surface area contributed by atoms with E-state index in [4.69, 9.17) is 4.74 Å². The molecule has 0 aliphatic carbocycles. The Kier molecular flexibility index (Phi) is 4.66. The average Bonchev–Trinajstić information content (AvgIpc) is 2.49. The zero-order chi connectivity index (χ0) is 15.2. The van der Waals surface area contributed by atoms with E-state index in [0.717, 1.165) is 5.56 Å². The minimum atomic E-state index is -0.471. The van der Waals surface area contributed by atoms with Crippen molar-refractivity contribution in [2.75, 3.05) is 6.61 Å². The van der Waals surface area contributed by atoms with E-state index < -0.39 is 4.92 Å². The molecule has 21 heavy (non-hydrogen) atoms. The maximum absolute atomic E-state index is 11.9. The van der Waals surface area contributed by atoms with Crippen LogP contribution in [0.5, 0.6) is 5.75 Å². The number of nitro benzene ring substituents is 1. The lowest BCUT2D eigenvalue weighted by Gasteiger charge is -2.08. The van der Waals surface area contributed by atoms with Gasteiger partial charge in [0.2, 0.25) is 0 Å². The van der Waals surface area contributed by atoms with E-state index in [-0.39, 0.29) is 24.5 Å². The maximum Gasteiger partial charge on any atom is 0.273 e. The molecule has 5 nitrogen and oxygen atoms in total. The molecule has 0 fully saturated rings. The molecule has 0 atom stereocenters. The molecule has 0 bridgehead atoms. The summed E-state index contributed by atoms with van der Waals surface area (Å²) in [5.41, 5.74) is 1.41. The molecule has 0 spiro atoms. The normalized spacial score (nSPS) is 10.1. The van der Waals surface area contributed by atoms with E-state index in [9.17, 15) is 14.9 Å². The van der Waals surface area contributed by atoms with E-state index in [2.05, 4.69) is 0 Å². The van der Waals surface area contributed by atoms with Gasteiger partial charge in [0.25, 0.3) is 5.69 Å². The molecule has 2 rings (SSSR count). The van der Waals surface area contributed by atoms with Gasteiger partial charge in [-0.05, 0) is 18.6 Å². The van der Waals surface area contributed by atoms with Gasteiger partial charge in [0, 0.05) is 18.1 Å². The molecule has 0 radical (unpaired) electrons. The Morgan fingerprint density at radius 1 is 1.19 bits per heavy atom. The van der Waals surface area contributed by atoms with Crippen molar-refractivity contribution >= 4 is 11.5 Å². The molecule has 0 amide bonds. The molecular weight excluding hydrogens is 270 g/mol. The minimum absolute atomic E-state index is 0.0151. The van der Waals surface area contributed by atoms with Crippen molar-refractivity contribution in [3.05, 3.63) is 69.8 Å². The Balaban J connectivity index is 1.96. The van der Waals surface area contributed by atoms with E-state index in [1.807, 2.05) is 6.07 Å². The number of ketones is 1. The second kappa shape index (κ2) is 6.65. The van der Waals surface area contributed by atoms with Gasteiger partial charge in [-0.3, -0.25) is 14.9 Å². The first kappa shape index (κ1) is 14.7. The van der Waals surface area contributed by atoms with Gasteiger partial charge in [0.1, 0.15) is 5.75 Å². The van der Waals surface area contributed by atoms with Crippen molar-refractivity contribution in [3.8, 4) is 5.75 Å². The first-order valence-corrected chi connectivity index (χ1v) is 6.54. The molecule has 0 aliphatic rings. The third-order valence-corrected chi connectivity index (χ3v) is 3.07. The molecule has 0 heterocycles. The van der Waals surface area contributed by atoms with Crippen molar-refractivity contribution in [2.24, 2.45) is 0 Å². The number of hydrogen-bond donors (Lipinski definition) is 0. The number of rotatable bonds is 6. The number of non-ortho nitro benzene ring substituents is 1. The van der Waals surface area contributed by atoms with Gasteiger partial charge in [-0.15, -0.1) is 0 Å². The van der Waals surface area contributed by atoms with Gasteiger partial charge < -0.3 is 4.74 Å². The third kappa shape index (κ3) is 3.89. The van der Waals surface area contributed by atoms with Crippen LogP contribution in [0, 0.1) is 17.0 Å². The van der Waals surface area contributed by atoms with Crippen LogP contribution >= 0.6 is 0 Å². The summed E-state index contributed by atoms with van der Waals surface area (Å²) in [6.07, 6.45) is 0.228. The molecule has 0 N–H and O–H groups in total. The number of carbonyl (C=O) groups is 1. The highest BCUT2D eigenvalue weighted by Crippen LogP contribution is 2.24. The fourth-order valence-corrected chi connectivity index (χ4v) is 1.88. The monoisotopic (exact) mass is 285 g/mol. The smallest absolute Gasteiger partial charge is 0.273 e. The molecule has 0 unspecified atom stereocenters. The number of nitro groups is 1. The molecule has 0 aromatic heterocycles. The summed E-state index contributed by atoms with van der Waals surface area (Å²) in [7, 11) is 0. The Morgan fingerprint density at radius 2 is 1.90 bits per heavy atom. The Labute approximate surface area is 122 Å². The molecule has 0 aliphatic heterocycles. The molecule has 5 heteroatoms. The van der Waals surface area contributed by atoms with Crippen molar-refractivity contribution in [2.45, 2.75) is 13.3 Å². The van der Waals surface area contributed by atoms with Gasteiger partial charge in [0.15, 0.2) is 5.78 Å². The molecule has 0 saturated heterocycles. The summed E-state index contributed by atoms with van der Waals surface area (Å²) in [5.74, 6) is 0.420. The standard InChI is InChI=1S/C16H15NO4/c1-12-7-8-14(17(19)20)11-16(12)21-10-9-15(18)13-5-3-2-4-6-13/h2-8,11H,9-10H2,1H3. The summed E-state index contributed by atoms with van der Waals surface area (Å²) in [5, 5.41) is 10.7.